The van der Waals surface area contributed by atoms with E-state index in [4.69, 9.17) is 5.11 Å². The topological polar surface area (TPSA) is 37.3 Å². The van der Waals surface area contributed by atoms with Crippen molar-refractivity contribution in [1.82, 2.24) is 0 Å². The van der Waals surface area contributed by atoms with Crippen molar-refractivity contribution in [3.63, 3.8) is 0 Å². The fourth-order valence-electron chi connectivity index (χ4n) is 0.594. The van der Waals surface area contributed by atoms with Gasteiger partial charge < -0.3 is 5.11 Å². The number of hydrogen-bond acceptors (Lipinski definition) is 1. The highest BCUT2D eigenvalue weighted by molar-refractivity contribution is 5.84. The van der Waals surface area contributed by atoms with Crippen LogP contribution in [0.5, 0.6) is 0 Å². The Kier molecular flexibility index (Phi) is 3.51. The van der Waals surface area contributed by atoms with Crippen LogP contribution in [0.4, 0.5) is 13.2 Å². The molecule has 0 spiro atoms. The standard InChI is InChI=1S/C8H11F3O2/c1-8(2,3)6(11)4(9)5(10)7(12)13/h6H,1-3H3,(H,12,13). The Labute approximate surface area is 74.1 Å². The monoisotopic (exact) mass is 196 g/mol. The number of alkyl halides is 1. The molecule has 1 N–H and O–H groups in total. The molecule has 0 aliphatic carbocycles. The zero-order valence-electron chi connectivity index (χ0n) is 7.57. The third-order valence-corrected chi connectivity index (χ3v) is 1.38. The van der Waals surface area contributed by atoms with E-state index in [9.17, 15) is 18.0 Å². The van der Waals surface area contributed by atoms with Gasteiger partial charge in [0.25, 0.3) is 0 Å². The number of carbonyl (C=O) groups is 1. The normalized spacial score (nSPS) is 16.5. The molecule has 0 aromatic carbocycles. The zero-order chi connectivity index (χ0) is 10.8. The van der Waals surface area contributed by atoms with Crippen molar-refractivity contribution in [3.8, 4) is 0 Å². The molecule has 0 rings (SSSR count). The van der Waals surface area contributed by atoms with Gasteiger partial charge in [0.15, 0.2) is 12.0 Å². The Balaban J connectivity index is 4.89. The SMILES string of the molecule is CC(C)(C)C(F)C(F)=C(F)C(=O)O. The second kappa shape index (κ2) is 3.81. The minimum atomic E-state index is -2.25. The van der Waals surface area contributed by atoms with E-state index in [1.54, 1.807) is 0 Å². The molecule has 0 aromatic rings. The molecule has 0 radical (unpaired) electrons. The van der Waals surface area contributed by atoms with Crippen LogP contribution < -0.4 is 0 Å². The Bertz CT molecular complexity index is 240. The van der Waals surface area contributed by atoms with Crippen molar-refractivity contribution < 1.29 is 23.1 Å². The molecule has 0 amide bonds. The highest BCUT2D eigenvalue weighted by atomic mass is 19.2. The van der Waals surface area contributed by atoms with Gasteiger partial charge in [-0.1, -0.05) is 20.8 Å². The molecular weight excluding hydrogens is 185 g/mol. The fourth-order valence-corrected chi connectivity index (χ4v) is 0.594. The molecule has 2 nitrogen and oxygen atoms in total. The first kappa shape index (κ1) is 12.0. The van der Waals surface area contributed by atoms with Gasteiger partial charge in [0.1, 0.15) is 0 Å². The summed E-state index contributed by atoms with van der Waals surface area (Å²) in [6.07, 6.45) is -2.25. The maximum absolute atomic E-state index is 13.0. The maximum Gasteiger partial charge on any atom is 0.367 e. The molecule has 5 heteroatoms. The summed E-state index contributed by atoms with van der Waals surface area (Å²) in [5.74, 6) is -6.02. The van der Waals surface area contributed by atoms with Crippen molar-refractivity contribution in [1.29, 1.82) is 0 Å². The first-order valence-electron chi connectivity index (χ1n) is 3.60. The largest absolute Gasteiger partial charge is 0.476 e. The minimum absolute atomic E-state index is 1.16. The summed E-state index contributed by atoms with van der Waals surface area (Å²) in [4.78, 5) is 9.93. The number of hydrogen-bond donors (Lipinski definition) is 1. The van der Waals surface area contributed by atoms with E-state index in [0.717, 1.165) is 0 Å². The molecule has 0 aromatic heterocycles. The van der Waals surface area contributed by atoms with Crippen LogP contribution in [-0.2, 0) is 4.79 Å². The van der Waals surface area contributed by atoms with Crippen LogP contribution >= 0.6 is 0 Å². The second-order valence-electron chi connectivity index (χ2n) is 3.70. The van der Waals surface area contributed by atoms with Gasteiger partial charge in [-0.3, -0.25) is 0 Å². The smallest absolute Gasteiger partial charge is 0.367 e. The van der Waals surface area contributed by atoms with E-state index in [1.165, 1.54) is 20.8 Å². The van der Waals surface area contributed by atoms with Crippen LogP contribution in [-0.4, -0.2) is 17.2 Å². The van der Waals surface area contributed by atoms with Gasteiger partial charge in [-0.25, -0.2) is 13.6 Å². The first-order chi connectivity index (χ1) is 5.68. The summed E-state index contributed by atoms with van der Waals surface area (Å²) >= 11 is 0. The molecule has 0 fully saturated rings. The molecule has 0 aliphatic heterocycles. The molecule has 13 heavy (non-hydrogen) atoms. The molecule has 0 bridgehead atoms. The molecule has 0 aliphatic rings. The molecule has 1 unspecified atom stereocenters. The van der Waals surface area contributed by atoms with Gasteiger partial charge in [0.05, 0.1) is 0 Å². The van der Waals surface area contributed by atoms with E-state index < -0.39 is 29.2 Å². The first-order valence-corrected chi connectivity index (χ1v) is 3.60. The zero-order valence-corrected chi connectivity index (χ0v) is 7.57. The second-order valence-corrected chi connectivity index (χ2v) is 3.70. The summed E-state index contributed by atoms with van der Waals surface area (Å²) in [7, 11) is 0. The molecule has 0 saturated carbocycles. The fraction of sp³-hybridized carbons (Fsp3) is 0.625. The lowest BCUT2D eigenvalue weighted by Crippen LogP contribution is -2.23. The Morgan fingerprint density at radius 1 is 1.31 bits per heavy atom. The van der Waals surface area contributed by atoms with E-state index in [0.29, 0.717) is 0 Å². The van der Waals surface area contributed by atoms with Gasteiger partial charge in [-0.15, -0.1) is 0 Å². The van der Waals surface area contributed by atoms with E-state index in [-0.39, 0.29) is 0 Å². The van der Waals surface area contributed by atoms with E-state index >= 15 is 0 Å². The van der Waals surface area contributed by atoms with Gasteiger partial charge in [0, 0.05) is 0 Å². The number of allylic oxidation sites excluding steroid dienone is 1. The third-order valence-electron chi connectivity index (χ3n) is 1.38. The van der Waals surface area contributed by atoms with Crippen LogP contribution in [0.15, 0.2) is 11.7 Å². The van der Waals surface area contributed by atoms with Crippen LogP contribution in [0.1, 0.15) is 20.8 Å². The summed E-state index contributed by atoms with van der Waals surface area (Å²) in [5.41, 5.74) is -1.16. The van der Waals surface area contributed by atoms with Gasteiger partial charge in [0.2, 0.25) is 5.83 Å². The Morgan fingerprint density at radius 3 is 1.92 bits per heavy atom. The van der Waals surface area contributed by atoms with Gasteiger partial charge >= 0.3 is 5.97 Å². The lowest BCUT2D eigenvalue weighted by Gasteiger charge is -2.21. The van der Waals surface area contributed by atoms with Crippen molar-refractivity contribution in [2.75, 3.05) is 0 Å². The predicted octanol–water partition coefficient (Wildman–Crippen LogP) is 2.61. The third kappa shape index (κ3) is 3.08. The quantitative estimate of drug-likeness (QED) is 0.689. The van der Waals surface area contributed by atoms with E-state index in [2.05, 4.69) is 0 Å². The lowest BCUT2D eigenvalue weighted by atomic mass is 9.89. The molecule has 1 atom stereocenters. The Hall–Kier alpha value is -1.00. The summed E-state index contributed by atoms with van der Waals surface area (Å²) in [5, 5.41) is 8.03. The summed E-state index contributed by atoms with van der Waals surface area (Å²) in [6.45, 7) is 4.02. The van der Waals surface area contributed by atoms with Crippen LogP contribution in [0, 0.1) is 5.41 Å². The lowest BCUT2D eigenvalue weighted by molar-refractivity contribution is -0.134. The number of rotatable bonds is 2. The Morgan fingerprint density at radius 2 is 1.69 bits per heavy atom. The van der Waals surface area contributed by atoms with Crippen molar-refractivity contribution in [2.24, 2.45) is 5.41 Å². The van der Waals surface area contributed by atoms with Crippen molar-refractivity contribution >= 4 is 5.97 Å². The average Bonchev–Trinajstić information content (AvgIpc) is 1.98. The van der Waals surface area contributed by atoms with Crippen LogP contribution in [0.3, 0.4) is 0 Å². The summed E-state index contributed by atoms with van der Waals surface area (Å²) < 4.78 is 38.0. The number of carboxylic acids is 1. The predicted molar refractivity (Wildman–Crippen MR) is 41.2 cm³/mol. The van der Waals surface area contributed by atoms with E-state index in [1.807, 2.05) is 0 Å². The molecule has 0 saturated heterocycles. The molecule has 76 valence electrons. The molecular formula is C8H11F3O2. The highest BCUT2D eigenvalue weighted by Gasteiger charge is 2.32. The maximum atomic E-state index is 13.0. The summed E-state index contributed by atoms with van der Waals surface area (Å²) in [6, 6.07) is 0. The van der Waals surface area contributed by atoms with Gasteiger partial charge in [-0.2, -0.15) is 4.39 Å². The number of carboxylic acid groups (broad SMARTS) is 1. The molecule has 0 heterocycles. The van der Waals surface area contributed by atoms with Crippen LogP contribution in [0.25, 0.3) is 0 Å². The number of halogens is 3. The van der Waals surface area contributed by atoms with Crippen LogP contribution in [0.2, 0.25) is 0 Å². The number of aliphatic carboxylic acids is 1. The minimum Gasteiger partial charge on any atom is -0.476 e. The van der Waals surface area contributed by atoms with Gasteiger partial charge in [-0.05, 0) is 5.41 Å². The van der Waals surface area contributed by atoms with Crippen molar-refractivity contribution in [3.05, 3.63) is 11.7 Å². The van der Waals surface area contributed by atoms with Crippen molar-refractivity contribution in [2.45, 2.75) is 26.9 Å². The highest BCUT2D eigenvalue weighted by Crippen LogP contribution is 2.30. The average molecular weight is 196 g/mol.